The minimum absolute atomic E-state index is 0.0343. The van der Waals surface area contributed by atoms with Crippen molar-refractivity contribution in [3.8, 4) is 6.07 Å². The number of anilines is 1. The molecule has 0 bridgehead atoms. The zero-order valence-corrected chi connectivity index (χ0v) is 16.1. The van der Waals surface area contributed by atoms with Crippen molar-refractivity contribution in [3.05, 3.63) is 29.8 Å². The molecule has 1 heterocycles. The number of ether oxygens (including phenoxy) is 2. The van der Waals surface area contributed by atoms with Crippen LogP contribution in [0.2, 0.25) is 0 Å². The average Bonchev–Trinajstić information content (AvgIpc) is 2.71. The maximum absolute atomic E-state index is 12.3. The van der Waals surface area contributed by atoms with Gasteiger partial charge in [-0.15, -0.1) is 0 Å². The van der Waals surface area contributed by atoms with Gasteiger partial charge in [0.25, 0.3) is 5.91 Å². The first-order chi connectivity index (χ1) is 14.1. The molecule has 1 aromatic carbocycles. The number of likely N-dealkylation sites (tertiary alicyclic amines) is 1. The molecule has 8 nitrogen and oxygen atoms in total. The van der Waals surface area contributed by atoms with Gasteiger partial charge in [0, 0.05) is 13.1 Å². The minimum Gasteiger partial charge on any atom is -0.452 e. The molecule has 1 atom stereocenters. The topological polar surface area (TPSA) is 109 Å². The van der Waals surface area contributed by atoms with Crippen LogP contribution in [0.3, 0.4) is 0 Å². The zero-order chi connectivity index (χ0) is 22.3. The molecule has 2 amide bonds. The summed E-state index contributed by atoms with van der Waals surface area (Å²) in [6.45, 7) is -0.222. The van der Waals surface area contributed by atoms with E-state index < -0.39 is 42.8 Å². The molecule has 162 valence electrons. The molecule has 11 heteroatoms. The maximum atomic E-state index is 12.3. The number of nitrogens with one attached hydrogen (secondary N) is 1. The summed E-state index contributed by atoms with van der Waals surface area (Å²) in [5.74, 6) is -1.85. The largest absolute Gasteiger partial charge is 0.452 e. The molecule has 0 radical (unpaired) electrons. The lowest BCUT2D eigenvalue weighted by Gasteiger charge is -2.30. The number of carbonyl (C=O) groups is 3. The standard InChI is InChI=1S/C19H20F3N3O5/c1-12(16(26)24-15-5-3-2-4-14(15)10-23)30-17(27)13-6-8-25(9-7-13)18(28)29-11-19(20,21)22/h2-5,12-13H,6-9,11H2,1H3,(H,24,26)/t12-/m1/s1. The Morgan fingerprint density at radius 1 is 1.27 bits per heavy atom. The fourth-order valence-corrected chi connectivity index (χ4v) is 2.78. The van der Waals surface area contributed by atoms with Crippen molar-refractivity contribution in [1.29, 1.82) is 5.26 Å². The zero-order valence-electron chi connectivity index (χ0n) is 16.1. The summed E-state index contributed by atoms with van der Waals surface area (Å²) in [6.07, 6.45) is -6.48. The molecule has 1 aliphatic heterocycles. The lowest BCUT2D eigenvalue weighted by Crippen LogP contribution is -2.42. The van der Waals surface area contributed by atoms with Crippen LogP contribution in [0.4, 0.5) is 23.7 Å². The first kappa shape index (κ1) is 23.0. The van der Waals surface area contributed by atoms with Crippen molar-refractivity contribution in [2.24, 2.45) is 5.92 Å². The van der Waals surface area contributed by atoms with Gasteiger partial charge in [-0.3, -0.25) is 9.59 Å². The minimum atomic E-state index is -4.61. The highest BCUT2D eigenvalue weighted by molar-refractivity contribution is 5.96. The third-order valence-corrected chi connectivity index (χ3v) is 4.41. The number of carbonyl (C=O) groups excluding carboxylic acids is 3. The second-order valence-corrected chi connectivity index (χ2v) is 6.66. The second kappa shape index (κ2) is 9.96. The predicted octanol–water partition coefficient (Wildman–Crippen LogP) is 2.84. The first-order valence-corrected chi connectivity index (χ1v) is 9.09. The number of amides is 2. The van der Waals surface area contributed by atoms with Gasteiger partial charge in [-0.05, 0) is 31.9 Å². The van der Waals surface area contributed by atoms with E-state index in [4.69, 9.17) is 10.00 Å². The van der Waals surface area contributed by atoms with E-state index in [-0.39, 0.29) is 31.5 Å². The molecule has 0 aliphatic carbocycles. The number of nitriles is 1. The van der Waals surface area contributed by atoms with Gasteiger partial charge in [0.1, 0.15) is 6.07 Å². The van der Waals surface area contributed by atoms with Crippen molar-refractivity contribution in [2.75, 3.05) is 25.0 Å². The summed E-state index contributed by atoms with van der Waals surface area (Å²) in [4.78, 5) is 37.2. The van der Waals surface area contributed by atoms with Gasteiger partial charge in [0.2, 0.25) is 0 Å². The molecule has 30 heavy (non-hydrogen) atoms. The first-order valence-electron chi connectivity index (χ1n) is 9.09. The van der Waals surface area contributed by atoms with Crippen LogP contribution in [0.15, 0.2) is 24.3 Å². The van der Waals surface area contributed by atoms with E-state index in [0.29, 0.717) is 5.69 Å². The number of alkyl halides is 3. The smallest absolute Gasteiger partial charge is 0.422 e. The van der Waals surface area contributed by atoms with Crippen LogP contribution >= 0.6 is 0 Å². The van der Waals surface area contributed by atoms with Gasteiger partial charge in [0.15, 0.2) is 12.7 Å². The summed E-state index contributed by atoms with van der Waals surface area (Å²) in [7, 11) is 0. The average molecular weight is 427 g/mol. The number of para-hydroxylation sites is 1. The number of hydrogen-bond acceptors (Lipinski definition) is 6. The van der Waals surface area contributed by atoms with Crippen LogP contribution in [0.5, 0.6) is 0 Å². The molecular weight excluding hydrogens is 407 g/mol. The Morgan fingerprint density at radius 2 is 1.90 bits per heavy atom. The summed E-state index contributed by atoms with van der Waals surface area (Å²) >= 11 is 0. The lowest BCUT2D eigenvalue weighted by atomic mass is 9.97. The number of benzene rings is 1. The second-order valence-electron chi connectivity index (χ2n) is 6.66. The summed E-state index contributed by atoms with van der Waals surface area (Å²) in [6, 6.07) is 8.28. The van der Waals surface area contributed by atoms with E-state index in [1.807, 2.05) is 6.07 Å². The SMILES string of the molecule is C[C@@H](OC(=O)C1CCN(C(=O)OCC(F)(F)F)CC1)C(=O)Nc1ccccc1C#N. The van der Waals surface area contributed by atoms with Crippen LogP contribution in [0.25, 0.3) is 0 Å². The van der Waals surface area contributed by atoms with Crippen LogP contribution in [0, 0.1) is 17.2 Å². The van der Waals surface area contributed by atoms with E-state index in [2.05, 4.69) is 10.1 Å². The van der Waals surface area contributed by atoms with Gasteiger partial charge < -0.3 is 19.7 Å². The highest BCUT2D eigenvalue weighted by atomic mass is 19.4. The molecule has 1 saturated heterocycles. The number of halogens is 3. The normalized spacial score (nSPS) is 15.6. The van der Waals surface area contributed by atoms with E-state index >= 15 is 0 Å². The third-order valence-electron chi connectivity index (χ3n) is 4.41. The number of rotatable bonds is 5. The summed E-state index contributed by atoms with van der Waals surface area (Å²) < 4.78 is 45.7. The fraction of sp³-hybridized carbons (Fsp3) is 0.474. The van der Waals surface area contributed by atoms with Crippen molar-refractivity contribution in [2.45, 2.75) is 32.0 Å². The van der Waals surface area contributed by atoms with E-state index in [1.54, 1.807) is 18.2 Å². The molecule has 0 aromatic heterocycles. The van der Waals surface area contributed by atoms with Crippen molar-refractivity contribution in [3.63, 3.8) is 0 Å². The fourth-order valence-electron chi connectivity index (χ4n) is 2.78. The highest BCUT2D eigenvalue weighted by Crippen LogP contribution is 2.22. The van der Waals surface area contributed by atoms with E-state index in [1.165, 1.54) is 13.0 Å². The molecule has 1 fully saturated rings. The van der Waals surface area contributed by atoms with Crippen LogP contribution < -0.4 is 5.32 Å². The Bertz CT molecular complexity index is 829. The van der Waals surface area contributed by atoms with Gasteiger partial charge in [-0.2, -0.15) is 18.4 Å². The highest BCUT2D eigenvalue weighted by Gasteiger charge is 2.34. The Kier molecular flexibility index (Phi) is 7.63. The van der Waals surface area contributed by atoms with E-state index in [0.717, 1.165) is 4.90 Å². The Labute approximate surface area is 170 Å². The van der Waals surface area contributed by atoms with Crippen molar-refractivity contribution >= 4 is 23.7 Å². The van der Waals surface area contributed by atoms with Gasteiger partial charge in [-0.1, -0.05) is 12.1 Å². The predicted molar refractivity (Wildman–Crippen MR) is 97.0 cm³/mol. The monoisotopic (exact) mass is 427 g/mol. The molecule has 0 saturated carbocycles. The molecule has 1 aliphatic rings. The van der Waals surface area contributed by atoms with Gasteiger partial charge in [0.05, 0.1) is 17.2 Å². The molecule has 1 aromatic rings. The number of nitrogens with zero attached hydrogens (tertiary/aromatic N) is 2. The summed E-state index contributed by atoms with van der Waals surface area (Å²) in [5, 5.41) is 11.6. The number of piperidine rings is 1. The molecular formula is C19H20F3N3O5. The quantitative estimate of drug-likeness (QED) is 0.724. The van der Waals surface area contributed by atoms with Crippen LogP contribution in [-0.4, -0.2) is 54.8 Å². The number of hydrogen-bond donors (Lipinski definition) is 1. The molecule has 0 unspecified atom stereocenters. The van der Waals surface area contributed by atoms with Gasteiger partial charge >= 0.3 is 18.2 Å². The third kappa shape index (κ3) is 6.65. The Balaban J connectivity index is 1.80. The van der Waals surface area contributed by atoms with Gasteiger partial charge in [-0.25, -0.2) is 4.79 Å². The van der Waals surface area contributed by atoms with Crippen LogP contribution in [-0.2, 0) is 19.1 Å². The van der Waals surface area contributed by atoms with Crippen molar-refractivity contribution in [1.82, 2.24) is 4.90 Å². The van der Waals surface area contributed by atoms with Crippen LogP contribution in [0.1, 0.15) is 25.3 Å². The summed E-state index contributed by atoms with van der Waals surface area (Å²) in [5.41, 5.74) is 0.549. The van der Waals surface area contributed by atoms with Crippen molar-refractivity contribution < 1.29 is 37.0 Å². The number of esters is 1. The Hall–Kier alpha value is -3.29. The van der Waals surface area contributed by atoms with E-state index in [9.17, 15) is 27.6 Å². The molecule has 2 rings (SSSR count). The Morgan fingerprint density at radius 3 is 2.50 bits per heavy atom. The molecule has 1 N–H and O–H groups in total. The molecule has 0 spiro atoms. The maximum Gasteiger partial charge on any atom is 0.422 e. The lowest BCUT2D eigenvalue weighted by molar-refractivity contribution is -0.163.